The summed E-state index contributed by atoms with van der Waals surface area (Å²) in [6, 6.07) is 5.50. The lowest BCUT2D eigenvalue weighted by atomic mass is 10.0. The summed E-state index contributed by atoms with van der Waals surface area (Å²) in [5.74, 6) is -1.39. The fraction of sp³-hybridized carbons (Fsp3) is 0.417. The first-order valence-electron chi connectivity index (χ1n) is 11.1. The van der Waals surface area contributed by atoms with E-state index in [0.717, 1.165) is 5.56 Å². The van der Waals surface area contributed by atoms with E-state index in [-0.39, 0.29) is 29.7 Å². The number of aromatic hydroxyl groups is 1. The van der Waals surface area contributed by atoms with Crippen molar-refractivity contribution in [1.82, 2.24) is 19.7 Å². The first-order chi connectivity index (χ1) is 16.7. The Labute approximate surface area is 205 Å². The van der Waals surface area contributed by atoms with Gasteiger partial charge < -0.3 is 24.0 Å². The fourth-order valence-electron chi connectivity index (χ4n) is 4.21. The number of amides is 1. The summed E-state index contributed by atoms with van der Waals surface area (Å²) >= 11 is 1.20. The van der Waals surface area contributed by atoms with Crippen molar-refractivity contribution in [2.75, 3.05) is 27.4 Å². The highest BCUT2D eigenvalue weighted by Gasteiger charge is 2.39. The van der Waals surface area contributed by atoms with Gasteiger partial charge in [-0.1, -0.05) is 23.5 Å². The average Bonchev–Trinajstić information content (AvgIpc) is 3.29. The Bertz CT molecular complexity index is 1270. The topological polar surface area (TPSA) is 107 Å². The molecular weight excluding hydrogens is 475 g/mol. The summed E-state index contributed by atoms with van der Waals surface area (Å²) in [6.45, 7) is 4.31. The summed E-state index contributed by atoms with van der Waals surface area (Å²) in [5.41, 5.74) is 0.204. The van der Waals surface area contributed by atoms with Gasteiger partial charge in [-0.3, -0.25) is 9.59 Å². The minimum absolute atomic E-state index is 0.0853. The van der Waals surface area contributed by atoms with Gasteiger partial charge in [0.2, 0.25) is 5.43 Å². The van der Waals surface area contributed by atoms with Crippen molar-refractivity contribution < 1.29 is 23.8 Å². The molecule has 1 aliphatic rings. The van der Waals surface area contributed by atoms with Gasteiger partial charge in [0.25, 0.3) is 5.91 Å². The van der Waals surface area contributed by atoms with Crippen LogP contribution in [-0.2, 0) is 15.9 Å². The molecule has 9 nitrogen and oxygen atoms in total. The van der Waals surface area contributed by atoms with E-state index in [4.69, 9.17) is 9.47 Å². The van der Waals surface area contributed by atoms with Crippen LogP contribution >= 0.6 is 11.3 Å². The molecule has 0 saturated carbocycles. The number of nitrogens with zero attached hydrogens (tertiary/aromatic N) is 4. The zero-order valence-electron chi connectivity index (χ0n) is 19.9. The van der Waals surface area contributed by atoms with Crippen molar-refractivity contribution in [3.63, 3.8) is 0 Å². The Kier molecular flexibility index (Phi) is 7.29. The Morgan fingerprint density at radius 3 is 2.54 bits per heavy atom. The number of halogens is 1. The van der Waals surface area contributed by atoms with Crippen LogP contribution in [0, 0.1) is 5.82 Å². The molecule has 3 aromatic rings. The molecule has 2 aromatic heterocycles. The van der Waals surface area contributed by atoms with Gasteiger partial charge in [-0.25, -0.2) is 4.39 Å². The molecule has 0 unspecified atom stereocenters. The Morgan fingerprint density at radius 2 is 1.91 bits per heavy atom. The van der Waals surface area contributed by atoms with Gasteiger partial charge in [-0.2, -0.15) is 0 Å². The van der Waals surface area contributed by atoms with Gasteiger partial charge in [-0.05, 0) is 31.5 Å². The second-order valence-corrected chi connectivity index (χ2v) is 9.69. The number of hydrogen-bond donors (Lipinski definition) is 1. The van der Waals surface area contributed by atoms with Crippen molar-refractivity contribution in [3.05, 3.63) is 62.8 Å². The molecule has 3 heterocycles. The van der Waals surface area contributed by atoms with Crippen molar-refractivity contribution in [2.24, 2.45) is 0 Å². The number of carbonyl (C=O) groups is 1. The maximum Gasteiger partial charge on any atom is 0.274 e. The quantitative estimate of drug-likeness (QED) is 0.505. The van der Waals surface area contributed by atoms with Crippen LogP contribution in [0.1, 0.15) is 40.9 Å². The van der Waals surface area contributed by atoms with Crippen LogP contribution < -0.4 is 5.43 Å². The van der Waals surface area contributed by atoms with Crippen LogP contribution in [0.4, 0.5) is 4.39 Å². The highest BCUT2D eigenvalue weighted by Crippen LogP contribution is 2.33. The molecule has 0 spiro atoms. The first kappa shape index (κ1) is 25.0. The molecule has 1 aliphatic heterocycles. The number of benzene rings is 1. The number of aromatic nitrogens is 3. The highest BCUT2D eigenvalue weighted by atomic mass is 32.1. The van der Waals surface area contributed by atoms with Crippen LogP contribution in [-0.4, -0.2) is 70.2 Å². The van der Waals surface area contributed by atoms with Crippen molar-refractivity contribution in [1.29, 1.82) is 0 Å². The molecule has 35 heavy (non-hydrogen) atoms. The molecule has 0 bridgehead atoms. The number of hydrogen-bond acceptors (Lipinski definition) is 8. The molecule has 1 aromatic carbocycles. The Balaban J connectivity index is 1.78. The average molecular weight is 503 g/mol. The molecule has 4 rings (SSSR count). The summed E-state index contributed by atoms with van der Waals surface area (Å²) < 4.78 is 25.8. The molecule has 0 aliphatic carbocycles. The van der Waals surface area contributed by atoms with E-state index in [2.05, 4.69) is 10.2 Å². The van der Waals surface area contributed by atoms with Gasteiger partial charge in [0.05, 0.1) is 18.2 Å². The van der Waals surface area contributed by atoms with E-state index in [9.17, 15) is 19.1 Å². The molecular formula is C24H27FN4O5S. The number of ether oxygens (including phenoxy) is 2. The molecule has 0 radical (unpaired) electrons. The third kappa shape index (κ3) is 4.84. The number of methoxy groups -OCH3 is 2. The minimum atomic E-state index is -0.695. The third-order valence-electron chi connectivity index (χ3n) is 6.07. The Hall–Kier alpha value is -3.15. The maximum absolute atomic E-state index is 13.2. The van der Waals surface area contributed by atoms with Crippen LogP contribution in [0.25, 0.3) is 10.6 Å². The fourth-order valence-corrected chi connectivity index (χ4v) is 5.09. The van der Waals surface area contributed by atoms with Gasteiger partial charge in [0.1, 0.15) is 16.9 Å². The van der Waals surface area contributed by atoms with E-state index in [1.807, 2.05) is 13.8 Å². The second kappa shape index (κ2) is 10.2. The lowest BCUT2D eigenvalue weighted by molar-refractivity contribution is -0.0203. The van der Waals surface area contributed by atoms with Crippen LogP contribution in [0.15, 0.2) is 35.3 Å². The van der Waals surface area contributed by atoms with Gasteiger partial charge >= 0.3 is 0 Å². The molecule has 0 fully saturated rings. The van der Waals surface area contributed by atoms with Crippen molar-refractivity contribution in [2.45, 2.75) is 38.5 Å². The summed E-state index contributed by atoms with van der Waals surface area (Å²) in [6.07, 6.45) is 1.52. The third-order valence-corrected chi connectivity index (χ3v) is 7.02. The largest absolute Gasteiger partial charge is 0.503 e. The molecule has 0 saturated heterocycles. The van der Waals surface area contributed by atoms with Gasteiger partial charge in [0, 0.05) is 39.4 Å². The summed E-state index contributed by atoms with van der Waals surface area (Å²) in [7, 11) is 3.11. The number of carbonyl (C=O) groups excluding carboxylic acids is 1. The second-order valence-electron chi connectivity index (χ2n) is 8.63. The monoisotopic (exact) mass is 502 g/mol. The normalized spacial score (nSPS) is 16.6. The van der Waals surface area contributed by atoms with E-state index in [1.54, 1.807) is 42.0 Å². The zero-order valence-corrected chi connectivity index (χ0v) is 20.7. The zero-order chi connectivity index (χ0) is 25.3. The predicted molar refractivity (Wildman–Crippen MR) is 128 cm³/mol. The van der Waals surface area contributed by atoms with Gasteiger partial charge in [-0.15, -0.1) is 10.2 Å². The van der Waals surface area contributed by atoms with E-state index in [1.165, 1.54) is 23.5 Å². The summed E-state index contributed by atoms with van der Waals surface area (Å²) in [5, 5.41) is 20.2. The predicted octanol–water partition coefficient (Wildman–Crippen LogP) is 2.87. The Morgan fingerprint density at radius 1 is 1.20 bits per heavy atom. The maximum atomic E-state index is 13.2. The van der Waals surface area contributed by atoms with Crippen LogP contribution in [0.2, 0.25) is 0 Å². The highest BCUT2D eigenvalue weighted by molar-refractivity contribution is 7.14. The standard InChI is InChI=1S/C24H27FN4O5S/c1-13(2)28-11-17(18(34-4)12-33-3)29-10-16(21(30)22(31)20(29)24(28)32)23-27-26-19(35-23)9-14-5-7-15(25)8-6-14/h5-8,10,13,17-18,31H,9,11-12H2,1-4H3/t17-,18-/m0/s1. The molecule has 1 N–H and O–H groups in total. The van der Waals surface area contributed by atoms with Gasteiger partial charge in [0.15, 0.2) is 16.5 Å². The van der Waals surface area contributed by atoms with E-state index < -0.39 is 29.2 Å². The van der Waals surface area contributed by atoms with Crippen molar-refractivity contribution in [3.8, 4) is 16.3 Å². The van der Waals surface area contributed by atoms with Crippen LogP contribution in [0.5, 0.6) is 5.75 Å². The summed E-state index contributed by atoms with van der Waals surface area (Å²) in [4.78, 5) is 28.0. The SMILES string of the molecule is COC[C@H](OC)[C@@H]1CN(C(C)C)C(=O)c2c(O)c(=O)c(-c3nnc(Cc4ccc(F)cc4)s3)cn21. The molecule has 186 valence electrons. The minimum Gasteiger partial charge on any atom is -0.503 e. The molecule has 11 heteroatoms. The number of rotatable bonds is 8. The first-order valence-corrected chi connectivity index (χ1v) is 11.9. The lowest BCUT2D eigenvalue weighted by Crippen LogP contribution is -2.51. The van der Waals surface area contributed by atoms with Crippen molar-refractivity contribution >= 4 is 17.2 Å². The molecule has 1 amide bonds. The number of fused-ring (bicyclic) bond motifs is 1. The van der Waals surface area contributed by atoms with E-state index in [0.29, 0.717) is 23.0 Å². The smallest absolute Gasteiger partial charge is 0.274 e. The van der Waals surface area contributed by atoms with E-state index >= 15 is 0 Å². The number of pyridine rings is 1. The lowest BCUT2D eigenvalue weighted by Gasteiger charge is -2.41. The molecule has 2 atom stereocenters. The van der Waals surface area contributed by atoms with Crippen LogP contribution in [0.3, 0.4) is 0 Å².